The van der Waals surface area contributed by atoms with E-state index in [4.69, 9.17) is 10.7 Å². The molecule has 1 aromatic rings. The van der Waals surface area contributed by atoms with Gasteiger partial charge in [0, 0.05) is 37.3 Å². The summed E-state index contributed by atoms with van der Waals surface area (Å²) in [7, 11) is 0. The Morgan fingerprint density at radius 2 is 1.79 bits per heavy atom. The molecule has 38 heavy (non-hydrogen) atoms. The lowest BCUT2D eigenvalue weighted by molar-refractivity contribution is -0.122. The molecule has 1 aliphatic carbocycles. The summed E-state index contributed by atoms with van der Waals surface area (Å²) in [6.45, 7) is 5.43. The lowest BCUT2D eigenvalue weighted by atomic mass is 9.88. The second-order valence-corrected chi connectivity index (χ2v) is 11.1. The van der Waals surface area contributed by atoms with Crippen LogP contribution in [0, 0.1) is 0 Å². The number of piperidine rings is 2. The number of carbonyl (C=O) groups excluding carboxylic acids is 2. The molecule has 2 saturated heterocycles. The van der Waals surface area contributed by atoms with Gasteiger partial charge >= 0.3 is 0 Å². The summed E-state index contributed by atoms with van der Waals surface area (Å²) in [6, 6.07) is 9.28. The zero-order valence-electron chi connectivity index (χ0n) is 22.5. The van der Waals surface area contributed by atoms with E-state index in [9.17, 15) is 9.59 Å². The molecule has 3 fully saturated rings. The Morgan fingerprint density at radius 3 is 2.47 bits per heavy atom. The molecular weight excluding hydrogens is 480 g/mol. The van der Waals surface area contributed by atoms with Crippen molar-refractivity contribution in [2.75, 3.05) is 31.5 Å². The Hall–Kier alpha value is -2.98. The zero-order valence-corrected chi connectivity index (χ0v) is 22.5. The Labute approximate surface area is 225 Å². The van der Waals surface area contributed by atoms with E-state index in [1.165, 1.54) is 63.5 Å². The Bertz CT molecular complexity index is 1040. The molecule has 5 N–H and O–H groups in total. The number of hydrogen-bond donors (Lipinski definition) is 4. The summed E-state index contributed by atoms with van der Waals surface area (Å²) in [5.41, 5.74) is 10.8. The summed E-state index contributed by atoms with van der Waals surface area (Å²) >= 11 is 0. The fraction of sp³-hybridized carbons (Fsp3) is 0.643. The molecular formula is C28H42N8O2. The van der Waals surface area contributed by atoms with Gasteiger partial charge in [-0.05, 0) is 75.2 Å². The summed E-state index contributed by atoms with van der Waals surface area (Å²) in [6.07, 6.45) is 11.5. The van der Waals surface area contributed by atoms with Gasteiger partial charge in [-0.2, -0.15) is 5.10 Å². The van der Waals surface area contributed by atoms with Crippen LogP contribution in [0.3, 0.4) is 0 Å². The molecule has 2 atom stereocenters. The summed E-state index contributed by atoms with van der Waals surface area (Å²) < 4.78 is 0. The average molecular weight is 523 g/mol. The molecule has 0 bridgehead atoms. The summed E-state index contributed by atoms with van der Waals surface area (Å²) in [4.78, 5) is 34.1. The molecule has 3 aliphatic heterocycles. The van der Waals surface area contributed by atoms with E-state index >= 15 is 0 Å². The first-order valence-electron chi connectivity index (χ1n) is 14.3. The standard InChI is InChI=1S/C28H42N8O2/c1-2-25(37)32-23-6-5-15-36(18-23)28(26(27(29)38)34-31-19-30-28)33-22-11-9-20(10-12-22)21-13-16-35(17-14-21)24-7-3-4-8-24/h9-12,19,21,23-24,33H,2-8,13-18H2,1H3,(H2,29,38)(H,30,31)(H,32,37)/t23?,28-/m0/s1. The van der Waals surface area contributed by atoms with Gasteiger partial charge in [-0.15, -0.1) is 0 Å². The maximum absolute atomic E-state index is 12.5. The van der Waals surface area contributed by atoms with Crippen molar-refractivity contribution in [2.45, 2.75) is 88.5 Å². The molecule has 0 radical (unpaired) electrons. The maximum atomic E-state index is 12.5. The van der Waals surface area contributed by atoms with Crippen molar-refractivity contribution in [3.8, 4) is 0 Å². The first-order valence-corrected chi connectivity index (χ1v) is 14.3. The highest BCUT2D eigenvalue weighted by molar-refractivity contribution is 6.42. The second kappa shape index (κ2) is 11.8. The van der Waals surface area contributed by atoms with Crippen LogP contribution < -0.4 is 21.8 Å². The van der Waals surface area contributed by atoms with Gasteiger partial charge in [-0.3, -0.25) is 19.9 Å². The third-order valence-corrected chi connectivity index (χ3v) is 8.69. The van der Waals surface area contributed by atoms with Crippen LogP contribution in [0.2, 0.25) is 0 Å². The van der Waals surface area contributed by atoms with Crippen LogP contribution in [-0.2, 0) is 9.59 Å². The van der Waals surface area contributed by atoms with Crippen molar-refractivity contribution in [3.63, 3.8) is 0 Å². The van der Waals surface area contributed by atoms with Crippen molar-refractivity contribution in [2.24, 2.45) is 15.8 Å². The minimum absolute atomic E-state index is 0.0149. The van der Waals surface area contributed by atoms with E-state index in [-0.39, 0.29) is 17.7 Å². The number of carbonyl (C=O) groups is 2. The van der Waals surface area contributed by atoms with Crippen molar-refractivity contribution >= 4 is 29.6 Å². The number of rotatable bonds is 8. The molecule has 5 rings (SSSR count). The van der Waals surface area contributed by atoms with Gasteiger partial charge in [0.1, 0.15) is 6.34 Å². The van der Waals surface area contributed by atoms with Crippen LogP contribution in [0.5, 0.6) is 0 Å². The summed E-state index contributed by atoms with van der Waals surface area (Å²) in [5.74, 6) is -1.31. The van der Waals surface area contributed by atoms with Crippen LogP contribution >= 0.6 is 0 Å². The van der Waals surface area contributed by atoms with Crippen molar-refractivity contribution < 1.29 is 9.59 Å². The van der Waals surface area contributed by atoms with Crippen LogP contribution in [-0.4, -0.2) is 77.7 Å². The SMILES string of the molecule is CCC(=O)NC1CCCN([C@]2(Nc3ccc(C4CCN(C5CCCC5)CC4)cc3)N=CNN=C2C(N)=O)C1. The number of likely N-dealkylation sites (tertiary alicyclic amines) is 2. The van der Waals surface area contributed by atoms with Gasteiger partial charge in [0.25, 0.3) is 5.91 Å². The minimum atomic E-state index is -1.25. The fourth-order valence-electron chi connectivity index (χ4n) is 6.61. The first-order chi connectivity index (χ1) is 18.5. The summed E-state index contributed by atoms with van der Waals surface area (Å²) in [5, 5.41) is 10.8. The van der Waals surface area contributed by atoms with Crippen molar-refractivity contribution in [1.82, 2.24) is 20.5 Å². The highest BCUT2D eigenvalue weighted by Gasteiger charge is 2.47. The highest BCUT2D eigenvalue weighted by Crippen LogP contribution is 2.34. The molecule has 206 valence electrons. The molecule has 2 amide bonds. The number of nitrogens with zero attached hydrogens (tertiary/aromatic N) is 4. The van der Waals surface area contributed by atoms with Gasteiger partial charge in [0.05, 0.1) is 0 Å². The van der Waals surface area contributed by atoms with Crippen LogP contribution in [0.15, 0.2) is 34.4 Å². The zero-order chi connectivity index (χ0) is 26.5. The quantitative estimate of drug-likeness (QED) is 0.415. The van der Waals surface area contributed by atoms with Gasteiger partial charge in [-0.25, -0.2) is 4.99 Å². The maximum Gasteiger partial charge on any atom is 0.270 e. The van der Waals surface area contributed by atoms with E-state index in [1.807, 2.05) is 6.92 Å². The average Bonchev–Trinajstić information content (AvgIpc) is 3.49. The van der Waals surface area contributed by atoms with Crippen LogP contribution in [0.1, 0.15) is 76.2 Å². The van der Waals surface area contributed by atoms with E-state index in [1.54, 1.807) is 0 Å². The monoisotopic (exact) mass is 522 g/mol. The Kier molecular flexibility index (Phi) is 8.28. The largest absolute Gasteiger partial charge is 0.364 e. The molecule has 1 unspecified atom stereocenters. The number of nitrogens with two attached hydrogens (primary N) is 1. The molecule has 1 aromatic carbocycles. The molecule has 10 heteroatoms. The topological polar surface area (TPSA) is 127 Å². The van der Waals surface area contributed by atoms with E-state index in [0.717, 1.165) is 24.6 Å². The number of amides is 2. The molecule has 10 nitrogen and oxygen atoms in total. The molecule has 0 aromatic heterocycles. The molecule has 1 saturated carbocycles. The third kappa shape index (κ3) is 5.71. The third-order valence-electron chi connectivity index (χ3n) is 8.69. The molecule has 4 aliphatic rings. The van der Waals surface area contributed by atoms with Crippen molar-refractivity contribution in [3.05, 3.63) is 29.8 Å². The Morgan fingerprint density at radius 1 is 1.05 bits per heavy atom. The lowest BCUT2D eigenvalue weighted by Gasteiger charge is -2.46. The number of hydrazone groups is 1. The molecule has 3 heterocycles. The van der Waals surface area contributed by atoms with Gasteiger partial charge in [0.15, 0.2) is 5.71 Å². The number of primary amides is 1. The van der Waals surface area contributed by atoms with E-state index in [0.29, 0.717) is 25.4 Å². The first kappa shape index (κ1) is 26.6. The predicted molar refractivity (Wildman–Crippen MR) is 150 cm³/mol. The predicted octanol–water partition coefficient (Wildman–Crippen LogP) is 2.34. The van der Waals surface area contributed by atoms with Crippen LogP contribution in [0.25, 0.3) is 0 Å². The lowest BCUT2D eigenvalue weighted by Crippen LogP contribution is -2.67. The Balaban J connectivity index is 1.31. The number of anilines is 1. The normalized spacial score (nSPS) is 27.5. The van der Waals surface area contributed by atoms with Gasteiger partial charge in [0.2, 0.25) is 11.7 Å². The van der Waals surface area contributed by atoms with E-state index < -0.39 is 11.7 Å². The number of benzene rings is 1. The highest BCUT2D eigenvalue weighted by atomic mass is 16.2. The van der Waals surface area contributed by atoms with Gasteiger partial charge in [-0.1, -0.05) is 31.9 Å². The van der Waals surface area contributed by atoms with Crippen molar-refractivity contribution in [1.29, 1.82) is 0 Å². The minimum Gasteiger partial charge on any atom is -0.364 e. The van der Waals surface area contributed by atoms with Crippen LogP contribution in [0.4, 0.5) is 5.69 Å². The number of nitrogens with one attached hydrogen (secondary N) is 3. The fourth-order valence-corrected chi connectivity index (χ4v) is 6.61. The number of aliphatic imine (C=N–C) groups is 1. The second-order valence-electron chi connectivity index (χ2n) is 11.1. The van der Waals surface area contributed by atoms with E-state index in [2.05, 4.69) is 55.2 Å². The molecule has 0 spiro atoms. The number of hydrogen-bond acceptors (Lipinski definition) is 8. The smallest absolute Gasteiger partial charge is 0.270 e. The van der Waals surface area contributed by atoms with Gasteiger partial charge < -0.3 is 21.3 Å².